The molecule has 1 aromatic carbocycles. The van der Waals surface area contributed by atoms with Crippen molar-refractivity contribution >= 4 is 33.6 Å². The summed E-state index contributed by atoms with van der Waals surface area (Å²) in [5.41, 5.74) is 4.33. The maximum absolute atomic E-state index is 9.34. The molecule has 108 valence electrons. The standard InChI is InChI=1S/C16H16N2O2S/c1-10-9-20-15-11(10)3-2-4-12(15)14-13(5-8-19)21-16-17-6-7-18(14)16/h2-4,9,19H,5-8H2,1H3. The summed E-state index contributed by atoms with van der Waals surface area (Å²) in [6.45, 7) is 3.96. The van der Waals surface area contributed by atoms with Crippen LogP contribution in [0.4, 0.5) is 0 Å². The Labute approximate surface area is 127 Å². The molecule has 0 fully saturated rings. The third kappa shape index (κ3) is 1.92. The van der Waals surface area contributed by atoms with Crippen molar-refractivity contribution in [2.24, 2.45) is 4.99 Å². The lowest BCUT2D eigenvalue weighted by atomic mass is 10.1. The van der Waals surface area contributed by atoms with Crippen LogP contribution in [0.15, 0.2) is 38.8 Å². The van der Waals surface area contributed by atoms with Gasteiger partial charge in [0, 0.05) is 35.4 Å². The number of thioether (sulfide) groups is 1. The molecule has 0 bridgehead atoms. The Kier molecular flexibility index (Phi) is 3.05. The highest BCUT2D eigenvalue weighted by molar-refractivity contribution is 8.17. The Morgan fingerprint density at radius 3 is 3.19 bits per heavy atom. The van der Waals surface area contributed by atoms with E-state index in [9.17, 15) is 5.11 Å². The molecule has 0 spiro atoms. The number of aliphatic hydroxyl groups excluding tert-OH is 1. The van der Waals surface area contributed by atoms with Crippen molar-refractivity contribution in [3.63, 3.8) is 0 Å². The Bertz CT molecular complexity index is 776. The van der Waals surface area contributed by atoms with Crippen molar-refractivity contribution in [2.45, 2.75) is 13.3 Å². The fraction of sp³-hybridized carbons (Fsp3) is 0.312. The molecule has 3 heterocycles. The molecule has 5 heteroatoms. The van der Waals surface area contributed by atoms with Crippen LogP contribution in [0.5, 0.6) is 0 Å². The second-order valence-corrected chi connectivity index (χ2v) is 6.33. The molecule has 0 saturated carbocycles. The first-order valence-electron chi connectivity index (χ1n) is 7.10. The first-order valence-corrected chi connectivity index (χ1v) is 7.92. The van der Waals surface area contributed by atoms with Crippen LogP contribution in [-0.4, -0.2) is 34.9 Å². The number of benzene rings is 1. The summed E-state index contributed by atoms with van der Waals surface area (Å²) in [6, 6.07) is 6.25. The number of aliphatic imine (C=N–C) groups is 1. The number of para-hydroxylation sites is 1. The van der Waals surface area contributed by atoms with Gasteiger partial charge in [-0.15, -0.1) is 0 Å². The number of fused-ring (bicyclic) bond motifs is 2. The molecule has 2 aliphatic rings. The Morgan fingerprint density at radius 1 is 1.43 bits per heavy atom. The number of aliphatic hydroxyl groups is 1. The van der Waals surface area contributed by atoms with Gasteiger partial charge in [-0.3, -0.25) is 4.99 Å². The predicted molar refractivity (Wildman–Crippen MR) is 86.2 cm³/mol. The highest BCUT2D eigenvalue weighted by atomic mass is 32.2. The maximum atomic E-state index is 9.34. The molecule has 2 aliphatic heterocycles. The second kappa shape index (κ2) is 4.93. The van der Waals surface area contributed by atoms with Gasteiger partial charge >= 0.3 is 0 Å². The lowest BCUT2D eigenvalue weighted by Gasteiger charge is -2.17. The van der Waals surface area contributed by atoms with E-state index in [1.165, 1.54) is 4.91 Å². The summed E-state index contributed by atoms with van der Waals surface area (Å²) >= 11 is 1.68. The summed E-state index contributed by atoms with van der Waals surface area (Å²) in [5.74, 6) is 0. The molecule has 0 saturated heterocycles. The van der Waals surface area contributed by atoms with Crippen LogP contribution in [-0.2, 0) is 0 Å². The van der Waals surface area contributed by atoms with Gasteiger partial charge in [-0.05, 0) is 18.6 Å². The van der Waals surface area contributed by atoms with Gasteiger partial charge in [0.1, 0.15) is 5.58 Å². The topological polar surface area (TPSA) is 49.0 Å². The molecule has 0 unspecified atom stereocenters. The first kappa shape index (κ1) is 13.0. The van der Waals surface area contributed by atoms with Crippen molar-refractivity contribution in [3.8, 4) is 0 Å². The van der Waals surface area contributed by atoms with Crippen molar-refractivity contribution in [2.75, 3.05) is 19.7 Å². The lowest BCUT2D eigenvalue weighted by molar-refractivity contribution is 0.301. The molecule has 4 rings (SSSR count). The molecule has 2 aromatic rings. The molecule has 1 N–H and O–H groups in total. The van der Waals surface area contributed by atoms with Crippen molar-refractivity contribution < 1.29 is 9.52 Å². The Morgan fingerprint density at radius 2 is 2.33 bits per heavy atom. The van der Waals surface area contributed by atoms with Crippen LogP contribution in [0.2, 0.25) is 0 Å². The van der Waals surface area contributed by atoms with Crippen LogP contribution < -0.4 is 0 Å². The van der Waals surface area contributed by atoms with Gasteiger partial charge in [-0.1, -0.05) is 23.9 Å². The predicted octanol–water partition coefficient (Wildman–Crippen LogP) is 3.21. The molecule has 0 aliphatic carbocycles. The van der Waals surface area contributed by atoms with E-state index < -0.39 is 0 Å². The zero-order valence-corrected chi connectivity index (χ0v) is 12.6. The zero-order valence-electron chi connectivity index (χ0n) is 11.8. The van der Waals surface area contributed by atoms with Crippen molar-refractivity contribution in [1.29, 1.82) is 0 Å². The Hall–Kier alpha value is -1.72. The molecular formula is C16H16N2O2S. The number of nitrogens with zero attached hydrogens (tertiary/aromatic N) is 2. The van der Waals surface area contributed by atoms with Crippen molar-refractivity contribution in [1.82, 2.24) is 4.90 Å². The number of furan rings is 1. The quantitative estimate of drug-likeness (QED) is 0.945. The van der Waals surface area contributed by atoms with Crippen LogP contribution in [0.1, 0.15) is 17.5 Å². The summed E-state index contributed by atoms with van der Waals surface area (Å²) in [4.78, 5) is 7.97. The second-order valence-electron chi connectivity index (χ2n) is 5.26. The number of rotatable bonds is 3. The van der Waals surface area contributed by atoms with E-state index in [4.69, 9.17) is 4.42 Å². The van der Waals surface area contributed by atoms with E-state index in [0.29, 0.717) is 6.42 Å². The third-order valence-corrected chi connectivity index (χ3v) is 5.11. The van der Waals surface area contributed by atoms with E-state index >= 15 is 0 Å². The molecule has 0 amide bonds. The third-order valence-electron chi connectivity index (χ3n) is 3.94. The minimum absolute atomic E-state index is 0.153. The summed E-state index contributed by atoms with van der Waals surface area (Å²) in [5, 5.41) is 11.5. The van der Waals surface area contributed by atoms with E-state index in [1.807, 2.05) is 6.26 Å². The van der Waals surface area contributed by atoms with E-state index in [2.05, 4.69) is 35.0 Å². The molecule has 21 heavy (non-hydrogen) atoms. The van der Waals surface area contributed by atoms with Crippen molar-refractivity contribution in [3.05, 3.63) is 40.5 Å². The average Bonchev–Trinajstić information content (AvgIpc) is 3.14. The highest BCUT2D eigenvalue weighted by Crippen LogP contribution is 2.45. The fourth-order valence-electron chi connectivity index (χ4n) is 2.97. The van der Waals surface area contributed by atoms with Gasteiger partial charge in [-0.2, -0.15) is 0 Å². The first-order chi connectivity index (χ1) is 10.3. The number of amidine groups is 1. The van der Waals surface area contributed by atoms with E-state index in [1.54, 1.807) is 11.8 Å². The summed E-state index contributed by atoms with van der Waals surface area (Å²) < 4.78 is 5.79. The molecule has 0 atom stereocenters. The van der Waals surface area contributed by atoms with Gasteiger partial charge in [0.25, 0.3) is 0 Å². The van der Waals surface area contributed by atoms with Crippen LogP contribution in [0.25, 0.3) is 16.7 Å². The smallest absolute Gasteiger partial charge is 0.168 e. The largest absolute Gasteiger partial charge is 0.463 e. The van der Waals surface area contributed by atoms with Gasteiger partial charge in [0.15, 0.2) is 5.17 Å². The molecule has 0 radical (unpaired) electrons. The van der Waals surface area contributed by atoms with Gasteiger partial charge in [0.05, 0.1) is 18.5 Å². The highest BCUT2D eigenvalue weighted by Gasteiger charge is 2.33. The normalized spacial score (nSPS) is 17.8. The molecular weight excluding hydrogens is 284 g/mol. The monoisotopic (exact) mass is 300 g/mol. The SMILES string of the molecule is Cc1coc2c(C3=C(CCO)SC4=NCCN43)cccc12. The maximum Gasteiger partial charge on any atom is 0.168 e. The minimum Gasteiger partial charge on any atom is -0.463 e. The number of aryl methyl sites for hydroxylation is 1. The van der Waals surface area contributed by atoms with Crippen LogP contribution in [0.3, 0.4) is 0 Å². The van der Waals surface area contributed by atoms with E-state index in [0.717, 1.165) is 46.1 Å². The van der Waals surface area contributed by atoms with Gasteiger partial charge in [0.2, 0.25) is 0 Å². The Balaban J connectivity index is 1.92. The molecule has 1 aromatic heterocycles. The fourth-order valence-corrected chi connectivity index (χ4v) is 4.15. The summed E-state index contributed by atoms with van der Waals surface area (Å²) in [7, 11) is 0. The lowest BCUT2D eigenvalue weighted by Crippen LogP contribution is -2.20. The van der Waals surface area contributed by atoms with E-state index in [-0.39, 0.29) is 6.61 Å². The summed E-state index contributed by atoms with van der Waals surface area (Å²) in [6.07, 6.45) is 2.47. The van der Waals surface area contributed by atoms with Gasteiger partial charge in [-0.25, -0.2) is 0 Å². The number of hydrogen-bond acceptors (Lipinski definition) is 5. The van der Waals surface area contributed by atoms with Gasteiger partial charge < -0.3 is 14.4 Å². The van der Waals surface area contributed by atoms with Crippen LogP contribution >= 0.6 is 11.8 Å². The average molecular weight is 300 g/mol. The number of hydrogen-bond donors (Lipinski definition) is 1. The zero-order chi connectivity index (χ0) is 14.4. The van der Waals surface area contributed by atoms with Crippen LogP contribution in [0, 0.1) is 6.92 Å². The minimum atomic E-state index is 0.153. The molecule has 4 nitrogen and oxygen atoms in total.